The molecule has 2 aromatic rings. The zero-order valence-electron chi connectivity index (χ0n) is 14.2. The zero-order chi connectivity index (χ0) is 19.4. The van der Waals surface area contributed by atoms with E-state index in [4.69, 9.17) is 21.7 Å². The molecular formula is C19H15IN2O4S. The quantitative estimate of drug-likeness (QED) is 0.290. The molecule has 1 saturated heterocycles. The van der Waals surface area contributed by atoms with E-state index in [9.17, 15) is 9.59 Å². The maximum absolute atomic E-state index is 12.0. The molecule has 2 amide bonds. The van der Waals surface area contributed by atoms with Gasteiger partial charge in [-0.25, -0.2) is 0 Å². The van der Waals surface area contributed by atoms with Crippen LogP contribution in [0.25, 0.3) is 6.08 Å². The van der Waals surface area contributed by atoms with Gasteiger partial charge in [-0.05, 0) is 64.1 Å². The number of carbonyl (C=O) groups excluding carboxylic acids is 2. The van der Waals surface area contributed by atoms with Crippen molar-refractivity contribution in [2.75, 3.05) is 7.11 Å². The van der Waals surface area contributed by atoms with E-state index in [0.717, 1.165) is 9.13 Å². The van der Waals surface area contributed by atoms with Crippen LogP contribution in [0, 0.1) is 3.57 Å². The molecule has 3 rings (SSSR count). The number of rotatable bonds is 5. The molecule has 138 valence electrons. The third kappa shape index (κ3) is 4.64. The Bertz CT molecular complexity index is 922. The maximum atomic E-state index is 12.0. The molecule has 0 saturated carbocycles. The van der Waals surface area contributed by atoms with Gasteiger partial charge >= 0.3 is 0 Å². The number of benzene rings is 2. The summed E-state index contributed by atoms with van der Waals surface area (Å²) >= 11 is 6.92. The van der Waals surface area contributed by atoms with Crippen LogP contribution in [0.5, 0.6) is 11.5 Å². The summed E-state index contributed by atoms with van der Waals surface area (Å²) < 4.78 is 12.1. The van der Waals surface area contributed by atoms with Gasteiger partial charge in [-0.3, -0.25) is 20.2 Å². The smallest absolute Gasteiger partial charge is 0.263 e. The summed E-state index contributed by atoms with van der Waals surface area (Å²) in [6.07, 6.45) is 1.48. The van der Waals surface area contributed by atoms with Crippen molar-refractivity contribution in [3.8, 4) is 11.5 Å². The summed E-state index contributed by atoms with van der Waals surface area (Å²) in [5.41, 5.74) is 1.64. The third-order valence-corrected chi connectivity index (χ3v) is 4.74. The number of methoxy groups -OCH3 is 1. The highest BCUT2D eigenvalue weighted by molar-refractivity contribution is 14.1. The van der Waals surface area contributed by atoms with E-state index in [1.807, 2.05) is 36.4 Å². The van der Waals surface area contributed by atoms with Crippen molar-refractivity contribution in [2.24, 2.45) is 0 Å². The van der Waals surface area contributed by atoms with Gasteiger partial charge in [0.05, 0.1) is 10.7 Å². The first-order valence-corrected chi connectivity index (χ1v) is 9.39. The van der Waals surface area contributed by atoms with Crippen LogP contribution in [0.4, 0.5) is 0 Å². The highest BCUT2D eigenvalue weighted by Crippen LogP contribution is 2.35. The number of ether oxygens (including phenoxy) is 2. The van der Waals surface area contributed by atoms with Crippen LogP contribution in [-0.4, -0.2) is 24.0 Å². The fourth-order valence-corrected chi connectivity index (χ4v) is 3.43. The van der Waals surface area contributed by atoms with Crippen molar-refractivity contribution >= 4 is 57.8 Å². The van der Waals surface area contributed by atoms with E-state index >= 15 is 0 Å². The lowest BCUT2D eigenvalue weighted by atomic mass is 10.1. The van der Waals surface area contributed by atoms with Gasteiger partial charge in [-0.1, -0.05) is 30.3 Å². The standard InChI is InChI=1S/C19H15IN2O4S/c1-25-15-9-12(7-13-17(23)21-19(27)22-18(13)24)8-14(20)16(15)26-10-11-5-3-2-4-6-11/h2-9H,10H2,1H3,(H2,21,22,23,24,27). The van der Waals surface area contributed by atoms with Crippen molar-refractivity contribution in [1.29, 1.82) is 0 Å². The van der Waals surface area contributed by atoms with Crippen molar-refractivity contribution in [3.05, 3.63) is 62.7 Å². The van der Waals surface area contributed by atoms with E-state index in [1.54, 1.807) is 6.07 Å². The second-order valence-electron chi connectivity index (χ2n) is 5.60. The van der Waals surface area contributed by atoms with Gasteiger partial charge in [0.2, 0.25) is 0 Å². The molecule has 2 N–H and O–H groups in total. The number of thiocarbonyl (C=S) groups is 1. The molecule has 0 radical (unpaired) electrons. The van der Waals surface area contributed by atoms with Crippen LogP contribution in [0.3, 0.4) is 0 Å². The first-order chi connectivity index (χ1) is 13.0. The maximum Gasteiger partial charge on any atom is 0.263 e. The third-order valence-electron chi connectivity index (χ3n) is 3.73. The summed E-state index contributed by atoms with van der Waals surface area (Å²) in [5, 5.41) is 4.81. The Kier molecular flexibility index (Phi) is 6.07. The predicted molar refractivity (Wildman–Crippen MR) is 113 cm³/mol. The molecule has 1 aliphatic rings. The number of hydrogen-bond acceptors (Lipinski definition) is 5. The van der Waals surface area contributed by atoms with Gasteiger partial charge in [0, 0.05) is 0 Å². The minimum Gasteiger partial charge on any atom is -0.493 e. The molecule has 8 heteroatoms. The molecular weight excluding hydrogens is 479 g/mol. The van der Waals surface area contributed by atoms with Crippen LogP contribution in [0.15, 0.2) is 48.0 Å². The Morgan fingerprint density at radius 2 is 1.78 bits per heavy atom. The van der Waals surface area contributed by atoms with Gasteiger partial charge in [0.25, 0.3) is 11.8 Å². The molecule has 2 aromatic carbocycles. The normalized spacial score (nSPS) is 13.7. The molecule has 0 aliphatic carbocycles. The Hall–Kier alpha value is -2.46. The Labute approximate surface area is 175 Å². The highest BCUT2D eigenvalue weighted by Gasteiger charge is 2.26. The van der Waals surface area contributed by atoms with Crippen LogP contribution in [-0.2, 0) is 16.2 Å². The second-order valence-corrected chi connectivity index (χ2v) is 7.17. The first-order valence-electron chi connectivity index (χ1n) is 7.90. The number of nitrogens with one attached hydrogen (secondary N) is 2. The summed E-state index contributed by atoms with van der Waals surface area (Å²) in [6, 6.07) is 13.3. The molecule has 1 heterocycles. The van der Waals surface area contributed by atoms with Crippen molar-refractivity contribution in [3.63, 3.8) is 0 Å². The van der Waals surface area contributed by atoms with Crippen molar-refractivity contribution < 1.29 is 19.1 Å². The molecule has 6 nitrogen and oxygen atoms in total. The van der Waals surface area contributed by atoms with Gasteiger partial charge in [-0.15, -0.1) is 0 Å². The Morgan fingerprint density at radius 1 is 1.11 bits per heavy atom. The number of hydrogen-bond donors (Lipinski definition) is 2. The molecule has 1 aliphatic heterocycles. The molecule has 0 bridgehead atoms. The van der Waals surface area contributed by atoms with E-state index in [1.165, 1.54) is 13.2 Å². The number of halogens is 1. The van der Waals surface area contributed by atoms with Crippen LogP contribution in [0.1, 0.15) is 11.1 Å². The molecule has 27 heavy (non-hydrogen) atoms. The number of carbonyl (C=O) groups is 2. The van der Waals surface area contributed by atoms with E-state index in [2.05, 4.69) is 33.2 Å². The molecule has 0 atom stereocenters. The summed E-state index contributed by atoms with van der Waals surface area (Å²) in [7, 11) is 1.54. The lowest BCUT2D eigenvalue weighted by molar-refractivity contribution is -0.123. The molecule has 1 fully saturated rings. The average Bonchev–Trinajstić information content (AvgIpc) is 2.64. The minimum atomic E-state index is -0.540. The topological polar surface area (TPSA) is 76.7 Å². The van der Waals surface area contributed by atoms with Gasteiger partial charge in [0.15, 0.2) is 16.6 Å². The lowest BCUT2D eigenvalue weighted by Crippen LogP contribution is -2.51. The van der Waals surface area contributed by atoms with Crippen molar-refractivity contribution in [2.45, 2.75) is 6.61 Å². The van der Waals surface area contributed by atoms with E-state index in [-0.39, 0.29) is 10.7 Å². The Balaban J connectivity index is 1.87. The molecule has 0 spiro atoms. The highest BCUT2D eigenvalue weighted by atomic mass is 127. The Morgan fingerprint density at radius 3 is 2.41 bits per heavy atom. The molecule has 0 aromatic heterocycles. The van der Waals surface area contributed by atoms with Crippen LogP contribution in [0.2, 0.25) is 0 Å². The second kappa shape index (κ2) is 8.49. The van der Waals surface area contributed by atoms with Crippen LogP contribution < -0.4 is 20.1 Å². The van der Waals surface area contributed by atoms with Gasteiger partial charge in [0.1, 0.15) is 12.2 Å². The minimum absolute atomic E-state index is 0.000953. The lowest BCUT2D eigenvalue weighted by Gasteiger charge is -2.17. The van der Waals surface area contributed by atoms with Gasteiger partial charge < -0.3 is 9.47 Å². The van der Waals surface area contributed by atoms with Crippen molar-refractivity contribution in [1.82, 2.24) is 10.6 Å². The van der Waals surface area contributed by atoms with Crippen LogP contribution >= 0.6 is 34.8 Å². The fourth-order valence-electron chi connectivity index (χ4n) is 2.47. The largest absolute Gasteiger partial charge is 0.493 e. The summed E-state index contributed by atoms with van der Waals surface area (Å²) in [5.74, 6) is 0.0314. The zero-order valence-corrected chi connectivity index (χ0v) is 17.2. The summed E-state index contributed by atoms with van der Waals surface area (Å²) in [6.45, 7) is 0.399. The first kappa shape index (κ1) is 19.3. The fraction of sp³-hybridized carbons (Fsp3) is 0.105. The SMILES string of the molecule is COc1cc(C=C2C(=O)NC(=S)NC2=O)cc(I)c1OCc1ccccc1. The van der Waals surface area contributed by atoms with E-state index < -0.39 is 11.8 Å². The average molecular weight is 494 g/mol. The predicted octanol–water partition coefficient (Wildman–Crippen LogP) is 2.79. The number of amides is 2. The van der Waals surface area contributed by atoms with E-state index in [0.29, 0.717) is 23.7 Å². The monoisotopic (exact) mass is 494 g/mol. The van der Waals surface area contributed by atoms with Gasteiger partial charge in [-0.2, -0.15) is 0 Å². The molecule has 0 unspecified atom stereocenters. The summed E-state index contributed by atoms with van der Waals surface area (Å²) in [4.78, 5) is 24.0.